The highest BCUT2D eigenvalue weighted by Gasteiger charge is 2.29. The van der Waals surface area contributed by atoms with Gasteiger partial charge in [-0.05, 0) is 17.7 Å². The van der Waals surface area contributed by atoms with Gasteiger partial charge in [-0.15, -0.1) is 0 Å². The van der Waals surface area contributed by atoms with Crippen molar-refractivity contribution < 1.29 is 13.2 Å². The molecule has 0 saturated heterocycles. The van der Waals surface area contributed by atoms with Gasteiger partial charge in [-0.2, -0.15) is 13.2 Å². The summed E-state index contributed by atoms with van der Waals surface area (Å²) < 4.78 is 36.7. The van der Waals surface area contributed by atoms with Gasteiger partial charge in [0.2, 0.25) is 0 Å². The third kappa shape index (κ3) is 3.91. The van der Waals surface area contributed by atoms with E-state index in [9.17, 15) is 13.2 Å². The SMILES string of the molecule is CC(C)NCc1ccc(C(F)(F)F)cc1. The topological polar surface area (TPSA) is 12.0 Å². The molecule has 0 spiro atoms. The first-order chi connectivity index (χ1) is 6.89. The largest absolute Gasteiger partial charge is 0.416 e. The highest BCUT2D eigenvalue weighted by atomic mass is 19.4. The predicted molar refractivity (Wildman–Crippen MR) is 53.4 cm³/mol. The van der Waals surface area contributed by atoms with Crippen molar-refractivity contribution in [3.63, 3.8) is 0 Å². The Morgan fingerprint density at radius 1 is 1.13 bits per heavy atom. The summed E-state index contributed by atoms with van der Waals surface area (Å²) in [6.07, 6.45) is -4.25. The van der Waals surface area contributed by atoms with Gasteiger partial charge >= 0.3 is 6.18 Å². The van der Waals surface area contributed by atoms with Gasteiger partial charge in [0.25, 0.3) is 0 Å². The monoisotopic (exact) mass is 217 g/mol. The standard InChI is InChI=1S/C11H14F3N/c1-8(2)15-7-9-3-5-10(6-4-9)11(12,13)14/h3-6,8,15H,7H2,1-2H3. The van der Waals surface area contributed by atoms with E-state index in [1.807, 2.05) is 13.8 Å². The number of nitrogens with one attached hydrogen (secondary N) is 1. The maximum atomic E-state index is 12.2. The first kappa shape index (κ1) is 12.0. The molecule has 0 amide bonds. The molecule has 84 valence electrons. The van der Waals surface area contributed by atoms with E-state index in [2.05, 4.69) is 5.32 Å². The Balaban J connectivity index is 2.65. The van der Waals surface area contributed by atoms with Gasteiger partial charge in [-0.3, -0.25) is 0 Å². The fraction of sp³-hybridized carbons (Fsp3) is 0.455. The van der Waals surface area contributed by atoms with Crippen LogP contribution in [0.25, 0.3) is 0 Å². The van der Waals surface area contributed by atoms with Crippen molar-refractivity contribution in [1.29, 1.82) is 0 Å². The summed E-state index contributed by atoms with van der Waals surface area (Å²) in [5, 5.41) is 3.14. The number of hydrogen-bond donors (Lipinski definition) is 1. The van der Waals surface area contributed by atoms with Crippen LogP contribution in [0.4, 0.5) is 13.2 Å². The zero-order chi connectivity index (χ0) is 11.5. The maximum Gasteiger partial charge on any atom is 0.416 e. The molecule has 0 unspecified atom stereocenters. The van der Waals surface area contributed by atoms with Crippen LogP contribution < -0.4 is 5.32 Å². The molecule has 0 aliphatic carbocycles. The van der Waals surface area contributed by atoms with E-state index in [1.165, 1.54) is 12.1 Å². The van der Waals surface area contributed by atoms with Crippen molar-refractivity contribution in [2.45, 2.75) is 32.6 Å². The number of alkyl halides is 3. The Morgan fingerprint density at radius 3 is 2.07 bits per heavy atom. The third-order valence-corrected chi connectivity index (χ3v) is 2.00. The zero-order valence-electron chi connectivity index (χ0n) is 8.73. The summed E-state index contributed by atoms with van der Waals surface area (Å²) in [6, 6.07) is 5.54. The molecule has 1 aromatic rings. The summed E-state index contributed by atoms with van der Waals surface area (Å²) in [5.41, 5.74) is 0.257. The molecule has 0 saturated carbocycles. The second-order valence-corrected chi connectivity index (χ2v) is 3.73. The molecule has 1 N–H and O–H groups in total. The number of rotatable bonds is 3. The predicted octanol–water partition coefficient (Wildman–Crippen LogP) is 3.20. The van der Waals surface area contributed by atoms with Crippen molar-refractivity contribution in [2.24, 2.45) is 0 Å². The minimum Gasteiger partial charge on any atom is -0.310 e. The average Bonchev–Trinajstić information content (AvgIpc) is 2.14. The second kappa shape index (κ2) is 4.66. The van der Waals surface area contributed by atoms with Crippen molar-refractivity contribution in [3.05, 3.63) is 35.4 Å². The molecule has 4 heteroatoms. The van der Waals surface area contributed by atoms with E-state index >= 15 is 0 Å². The van der Waals surface area contributed by atoms with Crippen molar-refractivity contribution in [3.8, 4) is 0 Å². The van der Waals surface area contributed by atoms with Crippen LogP contribution in [0.15, 0.2) is 24.3 Å². The van der Waals surface area contributed by atoms with Crippen molar-refractivity contribution >= 4 is 0 Å². The van der Waals surface area contributed by atoms with E-state index < -0.39 is 11.7 Å². The number of halogens is 3. The van der Waals surface area contributed by atoms with Gasteiger partial charge in [0.15, 0.2) is 0 Å². The fourth-order valence-corrected chi connectivity index (χ4v) is 1.13. The van der Waals surface area contributed by atoms with E-state index in [0.29, 0.717) is 12.6 Å². The minimum atomic E-state index is -4.25. The Bertz CT molecular complexity index is 301. The summed E-state index contributed by atoms with van der Waals surface area (Å²) in [4.78, 5) is 0. The Labute approximate surface area is 87.3 Å². The third-order valence-electron chi connectivity index (χ3n) is 2.00. The van der Waals surface area contributed by atoms with Crippen LogP contribution >= 0.6 is 0 Å². The molecular formula is C11H14F3N. The van der Waals surface area contributed by atoms with E-state index in [4.69, 9.17) is 0 Å². The molecular weight excluding hydrogens is 203 g/mol. The van der Waals surface area contributed by atoms with E-state index in [-0.39, 0.29) is 0 Å². The average molecular weight is 217 g/mol. The molecule has 0 aliphatic heterocycles. The van der Waals surface area contributed by atoms with Crippen molar-refractivity contribution in [1.82, 2.24) is 5.32 Å². The Hall–Kier alpha value is -1.03. The maximum absolute atomic E-state index is 12.2. The minimum absolute atomic E-state index is 0.326. The van der Waals surface area contributed by atoms with Gasteiger partial charge in [0.05, 0.1) is 5.56 Å². The summed E-state index contributed by atoms with van der Waals surface area (Å²) >= 11 is 0. The fourth-order valence-electron chi connectivity index (χ4n) is 1.13. The molecule has 0 heterocycles. The van der Waals surface area contributed by atoms with Crippen LogP contribution in [0.5, 0.6) is 0 Å². The molecule has 15 heavy (non-hydrogen) atoms. The highest BCUT2D eigenvalue weighted by Crippen LogP contribution is 2.28. The van der Waals surface area contributed by atoms with Crippen LogP contribution in [0, 0.1) is 0 Å². The van der Waals surface area contributed by atoms with Crippen LogP contribution in [0.1, 0.15) is 25.0 Å². The molecule has 0 bridgehead atoms. The number of hydrogen-bond acceptors (Lipinski definition) is 1. The Morgan fingerprint density at radius 2 is 1.67 bits per heavy atom. The van der Waals surface area contributed by atoms with Crippen LogP contribution in [-0.2, 0) is 12.7 Å². The van der Waals surface area contributed by atoms with Crippen LogP contribution in [0.3, 0.4) is 0 Å². The first-order valence-corrected chi connectivity index (χ1v) is 4.79. The molecule has 1 nitrogen and oxygen atoms in total. The van der Waals surface area contributed by atoms with Gasteiger partial charge in [0, 0.05) is 12.6 Å². The second-order valence-electron chi connectivity index (χ2n) is 3.73. The van der Waals surface area contributed by atoms with Crippen molar-refractivity contribution in [2.75, 3.05) is 0 Å². The summed E-state index contributed by atoms with van der Waals surface area (Å²) in [5.74, 6) is 0. The smallest absolute Gasteiger partial charge is 0.310 e. The van der Waals surface area contributed by atoms with Gasteiger partial charge in [0.1, 0.15) is 0 Å². The lowest BCUT2D eigenvalue weighted by atomic mass is 10.1. The highest BCUT2D eigenvalue weighted by molar-refractivity contribution is 5.24. The summed E-state index contributed by atoms with van der Waals surface area (Å²) in [6.45, 7) is 4.57. The summed E-state index contributed by atoms with van der Waals surface area (Å²) in [7, 11) is 0. The lowest BCUT2D eigenvalue weighted by Crippen LogP contribution is -2.21. The lowest BCUT2D eigenvalue weighted by molar-refractivity contribution is -0.137. The molecule has 0 radical (unpaired) electrons. The molecule has 0 aliphatic rings. The first-order valence-electron chi connectivity index (χ1n) is 4.79. The lowest BCUT2D eigenvalue weighted by Gasteiger charge is -2.10. The van der Waals surface area contributed by atoms with E-state index in [1.54, 1.807) is 0 Å². The van der Waals surface area contributed by atoms with Gasteiger partial charge in [-0.1, -0.05) is 26.0 Å². The Kier molecular flexibility index (Phi) is 3.74. The van der Waals surface area contributed by atoms with Crippen LogP contribution in [0.2, 0.25) is 0 Å². The quantitative estimate of drug-likeness (QED) is 0.819. The number of benzene rings is 1. The normalized spacial score (nSPS) is 12.1. The zero-order valence-corrected chi connectivity index (χ0v) is 8.73. The van der Waals surface area contributed by atoms with Crippen LogP contribution in [-0.4, -0.2) is 6.04 Å². The molecule has 1 rings (SSSR count). The van der Waals surface area contributed by atoms with Gasteiger partial charge in [-0.25, -0.2) is 0 Å². The molecule has 0 atom stereocenters. The molecule has 0 fully saturated rings. The molecule has 0 aromatic heterocycles. The van der Waals surface area contributed by atoms with Gasteiger partial charge < -0.3 is 5.32 Å². The molecule has 1 aromatic carbocycles. The van der Waals surface area contributed by atoms with E-state index in [0.717, 1.165) is 17.7 Å².